The molecule has 0 aromatic carbocycles. The van der Waals surface area contributed by atoms with Gasteiger partial charge in [-0.3, -0.25) is 4.68 Å². The Morgan fingerprint density at radius 3 is 3.00 bits per heavy atom. The Labute approximate surface area is 102 Å². The first kappa shape index (κ1) is 11.8. The minimum absolute atomic E-state index is 0.392. The number of hydrogen-bond donors (Lipinski definition) is 2. The van der Waals surface area contributed by atoms with Crippen LogP contribution in [0.25, 0.3) is 0 Å². The largest absolute Gasteiger partial charge is 0.480 e. The van der Waals surface area contributed by atoms with E-state index in [2.05, 4.69) is 10.4 Å². The first-order valence-corrected chi connectivity index (χ1v) is 6.10. The lowest BCUT2D eigenvalue weighted by atomic mass is 10.3. The standard InChI is InChI=1S/C9H12N4O3S/c1-12-3-6(2-10-12)11-9(16)13-5-17-4-7(13)8(14)15/h2-3,7H,4-5H2,1H3,(H,11,16)(H,14,15)/t7-/m0/s1. The molecule has 92 valence electrons. The molecule has 1 aromatic heterocycles. The van der Waals surface area contributed by atoms with Gasteiger partial charge in [0.15, 0.2) is 0 Å². The van der Waals surface area contributed by atoms with E-state index in [-0.39, 0.29) is 0 Å². The maximum atomic E-state index is 11.8. The normalized spacial score (nSPS) is 19.4. The van der Waals surface area contributed by atoms with Crippen molar-refractivity contribution in [3.63, 3.8) is 0 Å². The van der Waals surface area contributed by atoms with E-state index in [0.29, 0.717) is 17.3 Å². The van der Waals surface area contributed by atoms with Crippen molar-refractivity contribution in [3.05, 3.63) is 12.4 Å². The van der Waals surface area contributed by atoms with E-state index in [1.165, 1.54) is 22.9 Å². The van der Waals surface area contributed by atoms with Gasteiger partial charge in [-0.05, 0) is 0 Å². The molecule has 0 saturated carbocycles. The number of nitrogens with zero attached hydrogens (tertiary/aromatic N) is 3. The van der Waals surface area contributed by atoms with E-state index in [1.807, 2.05) is 0 Å². The summed E-state index contributed by atoms with van der Waals surface area (Å²) in [5.41, 5.74) is 0.554. The number of urea groups is 1. The number of carbonyl (C=O) groups excluding carboxylic acids is 1. The highest BCUT2D eigenvalue weighted by atomic mass is 32.2. The lowest BCUT2D eigenvalue weighted by Gasteiger charge is -2.20. The Morgan fingerprint density at radius 1 is 1.65 bits per heavy atom. The number of rotatable bonds is 2. The van der Waals surface area contributed by atoms with Crippen molar-refractivity contribution in [1.29, 1.82) is 0 Å². The van der Waals surface area contributed by atoms with Crippen LogP contribution in [0, 0.1) is 0 Å². The Morgan fingerprint density at radius 2 is 2.41 bits per heavy atom. The summed E-state index contributed by atoms with van der Waals surface area (Å²) >= 11 is 1.43. The predicted molar refractivity (Wildman–Crippen MR) is 62.8 cm³/mol. The molecule has 2 N–H and O–H groups in total. The smallest absolute Gasteiger partial charge is 0.327 e. The highest BCUT2D eigenvalue weighted by Crippen LogP contribution is 2.22. The molecule has 17 heavy (non-hydrogen) atoms. The molecule has 1 fully saturated rings. The molecular weight excluding hydrogens is 244 g/mol. The molecule has 1 aliphatic rings. The molecule has 7 nitrogen and oxygen atoms in total. The van der Waals surface area contributed by atoms with Crippen LogP contribution in [-0.4, -0.2) is 49.5 Å². The lowest BCUT2D eigenvalue weighted by molar-refractivity contribution is -0.140. The maximum Gasteiger partial charge on any atom is 0.327 e. The molecule has 0 unspecified atom stereocenters. The number of nitrogens with one attached hydrogen (secondary N) is 1. The van der Waals surface area contributed by atoms with Gasteiger partial charge in [-0.25, -0.2) is 9.59 Å². The van der Waals surface area contributed by atoms with Gasteiger partial charge < -0.3 is 15.3 Å². The van der Waals surface area contributed by atoms with Gasteiger partial charge in [0, 0.05) is 19.0 Å². The molecule has 1 aliphatic heterocycles. The maximum absolute atomic E-state index is 11.8. The number of carbonyl (C=O) groups is 2. The second-order valence-electron chi connectivity index (χ2n) is 3.66. The van der Waals surface area contributed by atoms with E-state index in [4.69, 9.17) is 5.11 Å². The van der Waals surface area contributed by atoms with Gasteiger partial charge in [-0.15, -0.1) is 11.8 Å². The molecule has 2 heterocycles. The Kier molecular flexibility index (Phi) is 3.23. The average molecular weight is 256 g/mol. The molecule has 1 aromatic rings. The molecular formula is C9H12N4O3S. The minimum atomic E-state index is -0.976. The van der Waals surface area contributed by atoms with Crippen molar-refractivity contribution < 1.29 is 14.7 Å². The van der Waals surface area contributed by atoms with Crippen LogP contribution in [0.1, 0.15) is 0 Å². The van der Waals surface area contributed by atoms with Crippen molar-refractivity contribution in [3.8, 4) is 0 Å². The summed E-state index contributed by atoms with van der Waals surface area (Å²) < 4.78 is 1.56. The number of aryl methyl sites for hydroxylation is 1. The summed E-state index contributed by atoms with van der Waals surface area (Å²) in [5, 5.41) is 15.5. The summed E-state index contributed by atoms with van der Waals surface area (Å²) in [6.07, 6.45) is 3.16. The van der Waals surface area contributed by atoms with Crippen LogP contribution in [-0.2, 0) is 11.8 Å². The number of aromatic nitrogens is 2. The van der Waals surface area contributed by atoms with Crippen LogP contribution in [0.2, 0.25) is 0 Å². The van der Waals surface area contributed by atoms with Gasteiger partial charge in [-0.1, -0.05) is 0 Å². The molecule has 8 heteroatoms. The van der Waals surface area contributed by atoms with Crippen molar-refractivity contribution in [2.75, 3.05) is 16.9 Å². The van der Waals surface area contributed by atoms with Gasteiger partial charge in [0.1, 0.15) is 6.04 Å². The third kappa shape index (κ3) is 2.52. The first-order valence-electron chi connectivity index (χ1n) is 4.95. The Bertz CT molecular complexity index is 447. The fraction of sp³-hybridized carbons (Fsp3) is 0.444. The van der Waals surface area contributed by atoms with E-state index >= 15 is 0 Å². The molecule has 0 spiro atoms. The minimum Gasteiger partial charge on any atom is -0.480 e. The molecule has 1 saturated heterocycles. The average Bonchev–Trinajstić information content (AvgIpc) is 2.86. The topological polar surface area (TPSA) is 87.5 Å². The summed E-state index contributed by atoms with van der Waals surface area (Å²) in [6.45, 7) is 0. The third-order valence-electron chi connectivity index (χ3n) is 2.38. The van der Waals surface area contributed by atoms with E-state index in [1.54, 1.807) is 17.9 Å². The van der Waals surface area contributed by atoms with Crippen molar-refractivity contribution >= 4 is 29.4 Å². The van der Waals surface area contributed by atoms with E-state index < -0.39 is 18.0 Å². The van der Waals surface area contributed by atoms with E-state index in [0.717, 1.165) is 0 Å². The van der Waals surface area contributed by atoms with Gasteiger partial charge in [0.05, 0.1) is 17.8 Å². The number of carboxylic acid groups (broad SMARTS) is 1. The van der Waals surface area contributed by atoms with Crippen LogP contribution >= 0.6 is 11.8 Å². The second kappa shape index (κ2) is 4.66. The number of amides is 2. The number of hydrogen-bond acceptors (Lipinski definition) is 4. The quantitative estimate of drug-likeness (QED) is 0.800. The molecule has 0 aliphatic carbocycles. The number of anilines is 1. The molecule has 2 rings (SSSR count). The van der Waals surface area contributed by atoms with Gasteiger partial charge >= 0.3 is 12.0 Å². The van der Waals surface area contributed by atoms with Crippen molar-refractivity contribution in [2.24, 2.45) is 7.05 Å². The Hall–Kier alpha value is -1.70. The lowest BCUT2D eigenvalue weighted by Crippen LogP contribution is -2.43. The van der Waals surface area contributed by atoms with E-state index in [9.17, 15) is 9.59 Å². The van der Waals surface area contributed by atoms with Gasteiger partial charge in [-0.2, -0.15) is 5.10 Å². The molecule has 0 bridgehead atoms. The summed E-state index contributed by atoms with van der Waals surface area (Å²) in [4.78, 5) is 24.1. The summed E-state index contributed by atoms with van der Waals surface area (Å²) in [5.74, 6) is -0.157. The number of carboxylic acids is 1. The zero-order valence-electron chi connectivity index (χ0n) is 9.16. The fourth-order valence-electron chi connectivity index (χ4n) is 1.53. The summed E-state index contributed by atoms with van der Waals surface area (Å²) in [7, 11) is 1.74. The summed E-state index contributed by atoms with van der Waals surface area (Å²) in [6, 6.07) is -1.16. The monoisotopic (exact) mass is 256 g/mol. The fourth-order valence-corrected chi connectivity index (χ4v) is 2.67. The number of aliphatic carboxylic acids is 1. The van der Waals surface area contributed by atoms with Crippen LogP contribution in [0.5, 0.6) is 0 Å². The van der Waals surface area contributed by atoms with Crippen molar-refractivity contribution in [1.82, 2.24) is 14.7 Å². The molecule has 1 atom stereocenters. The molecule has 2 amide bonds. The highest BCUT2D eigenvalue weighted by Gasteiger charge is 2.34. The van der Waals surface area contributed by atoms with Crippen LogP contribution in [0.3, 0.4) is 0 Å². The third-order valence-corrected chi connectivity index (χ3v) is 3.40. The van der Waals surface area contributed by atoms with Gasteiger partial charge in [0.2, 0.25) is 0 Å². The van der Waals surface area contributed by atoms with Gasteiger partial charge in [0.25, 0.3) is 0 Å². The second-order valence-corrected chi connectivity index (χ2v) is 4.66. The first-order chi connectivity index (χ1) is 8.08. The highest BCUT2D eigenvalue weighted by molar-refractivity contribution is 7.99. The van der Waals surface area contributed by atoms with Crippen LogP contribution in [0.4, 0.5) is 10.5 Å². The SMILES string of the molecule is Cn1cc(NC(=O)N2CSC[C@H]2C(=O)O)cn1. The number of thioether (sulfide) groups is 1. The van der Waals surface area contributed by atoms with Crippen LogP contribution < -0.4 is 5.32 Å². The zero-order chi connectivity index (χ0) is 12.4. The Balaban J connectivity index is 2.02. The zero-order valence-corrected chi connectivity index (χ0v) is 9.98. The van der Waals surface area contributed by atoms with Crippen molar-refractivity contribution in [2.45, 2.75) is 6.04 Å². The predicted octanol–water partition coefficient (Wildman–Crippen LogP) is 0.411. The van der Waals surface area contributed by atoms with Crippen LogP contribution in [0.15, 0.2) is 12.4 Å². The molecule has 0 radical (unpaired) electrons.